The van der Waals surface area contributed by atoms with E-state index in [9.17, 15) is 0 Å². The molecule has 0 amide bonds. The van der Waals surface area contributed by atoms with E-state index in [1.807, 2.05) is 18.2 Å². The summed E-state index contributed by atoms with van der Waals surface area (Å²) in [5, 5.41) is 0. The monoisotopic (exact) mass is 248 g/mol. The number of rotatable bonds is 3. The molecule has 0 aliphatic heterocycles. The summed E-state index contributed by atoms with van der Waals surface area (Å²) in [7, 11) is 0. The molecule has 0 atom stereocenters. The van der Waals surface area contributed by atoms with Crippen LogP contribution in [0.2, 0.25) is 0 Å². The highest BCUT2D eigenvalue weighted by Gasteiger charge is 2.05. The first-order valence-electron chi connectivity index (χ1n) is 5.21. The average molecular weight is 249 g/mol. The second-order valence-electron chi connectivity index (χ2n) is 3.71. The second-order valence-corrected chi connectivity index (χ2v) is 4.46. The van der Waals surface area contributed by atoms with Crippen LogP contribution < -0.4 is 0 Å². The SMILES string of the molecule is Sc1cccc(CCl)c1Cc1ccccc1. The van der Waals surface area contributed by atoms with Gasteiger partial charge in [0, 0.05) is 10.8 Å². The summed E-state index contributed by atoms with van der Waals surface area (Å²) < 4.78 is 0. The number of hydrogen-bond donors (Lipinski definition) is 1. The van der Waals surface area contributed by atoms with Gasteiger partial charge in [-0.05, 0) is 29.2 Å². The highest BCUT2D eigenvalue weighted by molar-refractivity contribution is 7.80. The van der Waals surface area contributed by atoms with Gasteiger partial charge >= 0.3 is 0 Å². The van der Waals surface area contributed by atoms with Gasteiger partial charge in [-0.25, -0.2) is 0 Å². The van der Waals surface area contributed by atoms with Gasteiger partial charge in [-0.2, -0.15) is 0 Å². The number of halogens is 1. The smallest absolute Gasteiger partial charge is 0.0477 e. The van der Waals surface area contributed by atoms with E-state index in [1.54, 1.807) is 0 Å². The van der Waals surface area contributed by atoms with Crippen molar-refractivity contribution in [2.45, 2.75) is 17.2 Å². The van der Waals surface area contributed by atoms with Crippen LogP contribution in [-0.4, -0.2) is 0 Å². The van der Waals surface area contributed by atoms with Gasteiger partial charge in [0.1, 0.15) is 0 Å². The summed E-state index contributed by atoms with van der Waals surface area (Å²) in [6.45, 7) is 0. The molecule has 0 saturated carbocycles. The Kier molecular flexibility index (Phi) is 3.92. The molecule has 82 valence electrons. The van der Waals surface area contributed by atoms with Crippen LogP contribution in [0.1, 0.15) is 16.7 Å². The molecule has 0 heterocycles. The molecule has 0 N–H and O–H groups in total. The van der Waals surface area contributed by atoms with Crippen molar-refractivity contribution in [3.63, 3.8) is 0 Å². The summed E-state index contributed by atoms with van der Waals surface area (Å²) >= 11 is 10.4. The highest BCUT2D eigenvalue weighted by Crippen LogP contribution is 2.23. The summed E-state index contributed by atoms with van der Waals surface area (Å²) in [5.41, 5.74) is 3.68. The Morgan fingerprint density at radius 3 is 2.38 bits per heavy atom. The lowest BCUT2D eigenvalue weighted by Crippen LogP contribution is -1.95. The molecule has 2 heteroatoms. The largest absolute Gasteiger partial charge is 0.143 e. The lowest BCUT2D eigenvalue weighted by Gasteiger charge is -2.10. The minimum atomic E-state index is 0.538. The Balaban J connectivity index is 2.34. The van der Waals surface area contributed by atoms with Crippen LogP contribution in [0.25, 0.3) is 0 Å². The Morgan fingerprint density at radius 1 is 0.938 bits per heavy atom. The van der Waals surface area contributed by atoms with Crippen molar-refractivity contribution in [2.75, 3.05) is 0 Å². The fourth-order valence-corrected chi connectivity index (χ4v) is 2.31. The quantitative estimate of drug-likeness (QED) is 0.608. The number of hydrogen-bond acceptors (Lipinski definition) is 1. The van der Waals surface area contributed by atoms with E-state index < -0.39 is 0 Å². The van der Waals surface area contributed by atoms with Crippen molar-refractivity contribution < 1.29 is 0 Å². The zero-order chi connectivity index (χ0) is 11.4. The van der Waals surface area contributed by atoms with Crippen molar-refractivity contribution in [1.29, 1.82) is 0 Å². The molecule has 16 heavy (non-hydrogen) atoms. The van der Waals surface area contributed by atoms with Gasteiger partial charge in [-0.3, -0.25) is 0 Å². The number of thiol groups is 1. The standard InChI is InChI=1S/C14H13ClS/c15-10-12-7-4-8-14(16)13(12)9-11-5-2-1-3-6-11/h1-8,16H,9-10H2. The van der Waals surface area contributed by atoms with Crippen LogP contribution >= 0.6 is 24.2 Å². The third-order valence-electron chi connectivity index (χ3n) is 2.62. The predicted molar refractivity (Wildman–Crippen MR) is 72.5 cm³/mol. The van der Waals surface area contributed by atoms with Gasteiger partial charge in [-0.1, -0.05) is 42.5 Å². The summed E-state index contributed by atoms with van der Waals surface area (Å²) in [6.07, 6.45) is 0.891. The van der Waals surface area contributed by atoms with Crippen LogP contribution in [0.5, 0.6) is 0 Å². The van der Waals surface area contributed by atoms with E-state index in [0.29, 0.717) is 5.88 Å². The summed E-state index contributed by atoms with van der Waals surface area (Å²) in [4.78, 5) is 1.02. The Labute approximate surface area is 107 Å². The molecular weight excluding hydrogens is 236 g/mol. The lowest BCUT2D eigenvalue weighted by molar-refractivity contribution is 1.09. The van der Waals surface area contributed by atoms with Gasteiger partial charge in [0.05, 0.1) is 0 Å². The van der Waals surface area contributed by atoms with Crippen molar-refractivity contribution >= 4 is 24.2 Å². The first-order valence-corrected chi connectivity index (χ1v) is 6.19. The maximum Gasteiger partial charge on any atom is 0.0477 e. The molecule has 0 nitrogen and oxygen atoms in total. The Bertz CT molecular complexity index is 465. The molecule has 0 spiro atoms. The molecule has 2 rings (SSSR count). The molecular formula is C14H13ClS. The third-order valence-corrected chi connectivity index (χ3v) is 3.32. The van der Waals surface area contributed by atoms with Crippen LogP contribution in [0.4, 0.5) is 0 Å². The predicted octanol–water partition coefficient (Wildman–Crippen LogP) is 4.30. The molecule has 0 unspecified atom stereocenters. The minimum absolute atomic E-state index is 0.538. The molecule has 0 aromatic heterocycles. The van der Waals surface area contributed by atoms with E-state index in [0.717, 1.165) is 16.9 Å². The van der Waals surface area contributed by atoms with Gasteiger partial charge in [-0.15, -0.1) is 24.2 Å². The van der Waals surface area contributed by atoms with Crippen molar-refractivity contribution in [1.82, 2.24) is 0 Å². The number of benzene rings is 2. The van der Waals surface area contributed by atoms with E-state index >= 15 is 0 Å². The molecule has 0 saturated heterocycles. The fraction of sp³-hybridized carbons (Fsp3) is 0.143. The van der Waals surface area contributed by atoms with Crippen LogP contribution in [0.15, 0.2) is 53.4 Å². The lowest BCUT2D eigenvalue weighted by atomic mass is 10.0. The van der Waals surface area contributed by atoms with E-state index in [4.69, 9.17) is 11.6 Å². The third kappa shape index (κ3) is 2.60. The normalized spacial score (nSPS) is 10.4. The molecule has 0 bridgehead atoms. The van der Waals surface area contributed by atoms with E-state index in [1.165, 1.54) is 11.1 Å². The molecule has 2 aromatic carbocycles. The molecule has 0 radical (unpaired) electrons. The number of alkyl halides is 1. The Morgan fingerprint density at radius 2 is 1.69 bits per heavy atom. The first-order chi connectivity index (χ1) is 7.81. The van der Waals surface area contributed by atoms with E-state index in [-0.39, 0.29) is 0 Å². The summed E-state index contributed by atoms with van der Waals surface area (Å²) in [5.74, 6) is 0.538. The summed E-state index contributed by atoms with van der Waals surface area (Å²) in [6, 6.07) is 16.4. The average Bonchev–Trinajstić information content (AvgIpc) is 2.33. The second kappa shape index (κ2) is 5.42. The minimum Gasteiger partial charge on any atom is -0.143 e. The van der Waals surface area contributed by atoms with Gasteiger partial charge in [0.25, 0.3) is 0 Å². The van der Waals surface area contributed by atoms with Crippen molar-refractivity contribution in [2.24, 2.45) is 0 Å². The van der Waals surface area contributed by atoms with Crippen LogP contribution in [-0.2, 0) is 12.3 Å². The van der Waals surface area contributed by atoms with Crippen molar-refractivity contribution in [3.8, 4) is 0 Å². The zero-order valence-electron chi connectivity index (χ0n) is 8.86. The van der Waals surface area contributed by atoms with E-state index in [2.05, 4.69) is 43.0 Å². The molecule has 0 fully saturated rings. The first kappa shape index (κ1) is 11.6. The molecule has 2 aromatic rings. The maximum absolute atomic E-state index is 5.94. The topological polar surface area (TPSA) is 0 Å². The molecule has 0 aliphatic carbocycles. The van der Waals surface area contributed by atoms with Crippen molar-refractivity contribution in [3.05, 3.63) is 65.2 Å². The highest BCUT2D eigenvalue weighted by atomic mass is 35.5. The fourth-order valence-electron chi connectivity index (χ4n) is 1.75. The van der Waals surface area contributed by atoms with Crippen LogP contribution in [0.3, 0.4) is 0 Å². The molecule has 0 aliphatic rings. The van der Waals surface area contributed by atoms with Crippen LogP contribution in [0, 0.1) is 0 Å². The van der Waals surface area contributed by atoms with Gasteiger partial charge in [0.15, 0.2) is 0 Å². The maximum atomic E-state index is 5.94. The zero-order valence-corrected chi connectivity index (χ0v) is 10.5. The van der Waals surface area contributed by atoms with Gasteiger partial charge < -0.3 is 0 Å². The van der Waals surface area contributed by atoms with Gasteiger partial charge in [0.2, 0.25) is 0 Å². The Hall–Kier alpha value is -0.920.